The van der Waals surface area contributed by atoms with E-state index in [2.05, 4.69) is 10.1 Å². The summed E-state index contributed by atoms with van der Waals surface area (Å²) in [5, 5.41) is 2.88. The highest BCUT2D eigenvalue weighted by molar-refractivity contribution is 5.79. The van der Waals surface area contributed by atoms with Crippen LogP contribution in [0.4, 0.5) is 8.78 Å². The number of hydrogen-bond donors (Lipinski definition) is 1. The summed E-state index contributed by atoms with van der Waals surface area (Å²) >= 11 is 0. The zero-order valence-electron chi connectivity index (χ0n) is 12.1. The monoisotopic (exact) mass is 305 g/mol. The van der Waals surface area contributed by atoms with E-state index in [0.717, 1.165) is 11.1 Å². The molecule has 0 radical (unpaired) electrons. The van der Waals surface area contributed by atoms with Gasteiger partial charge in [-0.1, -0.05) is 42.5 Å². The highest BCUT2D eigenvalue weighted by Crippen LogP contribution is 2.19. The number of carbonyl (C=O) groups excluding carboxylic acids is 1. The van der Waals surface area contributed by atoms with Gasteiger partial charge in [-0.2, -0.15) is 8.78 Å². The van der Waals surface area contributed by atoms with Gasteiger partial charge in [-0.3, -0.25) is 4.79 Å². The minimum atomic E-state index is -2.84. The van der Waals surface area contributed by atoms with Crippen LogP contribution in [-0.2, 0) is 11.2 Å². The first kappa shape index (κ1) is 15.9. The fraction of sp³-hybridized carbons (Fsp3) is 0.235. The van der Waals surface area contributed by atoms with Gasteiger partial charge in [-0.25, -0.2) is 0 Å². The van der Waals surface area contributed by atoms with Gasteiger partial charge in [0.05, 0.1) is 12.5 Å². The van der Waals surface area contributed by atoms with Crippen molar-refractivity contribution in [2.24, 2.45) is 0 Å². The fourth-order valence-corrected chi connectivity index (χ4v) is 2.10. The molecule has 2 aromatic rings. The Morgan fingerprint density at radius 2 is 1.73 bits per heavy atom. The summed E-state index contributed by atoms with van der Waals surface area (Å²) in [6, 6.07) is 15.5. The lowest BCUT2D eigenvalue weighted by Crippen LogP contribution is -2.28. The Balaban J connectivity index is 1.91. The third-order valence-electron chi connectivity index (χ3n) is 3.19. The van der Waals surface area contributed by atoms with Gasteiger partial charge in [0.15, 0.2) is 0 Å². The van der Waals surface area contributed by atoms with Crippen molar-refractivity contribution >= 4 is 5.91 Å². The van der Waals surface area contributed by atoms with Gasteiger partial charge in [-0.15, -0.1) is 0 Å². The zero-order chi connectivity index (χ0) is 15.9. The first-order chi connectivity index (χ1) is 10.5. The Bertz CT molecular complexity index is 600. The minimum Gasteiger partial charge on any atom is -0.435 e. The van der Waals surface area contributed by atoms with Crippen LogP contribution in [0.2, 0.25) is 0 Å². The molecule has 0 saturated heterocycles. The maximum atomic E-state index is 12.1. The van der Waals surface area contributed by atoms with E-state index in [0.29, 0.717) is 6.42 Å². The lowest BCUT2D eigenvalue weighted by atomic mass is 10.1. The van der Waals surface area contributed by atoms with Crippen LogP contribution < -0.4 is 10.1 Å². The van der Waals surface area contributed by atoms with Gasteiger partial charge < -0.3 is 10.1 Å². The quantitative estimate of drug-likeness (QED) is 0.883. The van der Waals surface area contributed by atoms with Crippen molar-refractivity contribution in [2.75, 3.05) is 0 Å². The predicted molar refractivity (Wildman–Crippen MR) is 79.8 cm³/mol. The SMILES string of the molecule is CC(NC(=O)Cc1ccccc1)c1ccc(OC(F)F)cc1. The highest BCUT2D eigenvalue weighted by atomic mass is 19.3. The molecule has 0 fully saturated rings. The van der Waals surface area contributed by atoms with Gasteiger partial charge in [0.2, 0.25) is 5.91 Å². The summed E-state index contributed by atoms with van der Waals surface area (Å²) in [6.45, 7) is -1.000. The van der Waals surface area contributed by atoms with Crippen LogP contribution in [0.1, 0.15) is 24.1 Å². The molecule has 22 heavy (non-hydrogen) atoms. The van der Waals surface area contributed by atoms with E-state index in [1.165, 1.54) is 12.1 Å². The third kappa shape index (κ3) is 4.84. The molecule has 0 aromatic heterocycles. The van der Waals surface area contributed by atoms with Crippen LogP contribution in [0.3, 0.4) is 0 Å². The Labute approximate surface area is 127 Å². The number of benzene rings is 2. The van der Waals surface area contributed by atoms with Crippen LogP contribution in [0.5, 0.6) is 5.75 Å². The third-order valence-corrected chi connectivity index (χ3v) is 3.19. The first-order valence-electron chi connectivity index (χ1n) is 6.92. The lowest BCUT2D eigenvalue weighted by Gasteiger charge is -2.15. The molecule has 1 atom stereocenters. The van der Waals surface area contributed by atoms with E-state index in [1.54, 1.807) is 12.1 Å². The molecule has 0 aliphatic rings. The minimum absolute atomic E-state index is 0.0911. The zero-order valence-corrected chi connectivity index (χ0v) is 12.1. The molecule has 0 saturated carbocycles. The molecule has 1 N–H and O–H groups in total. The molecule has 0 aliphatic heterocycles. The average molecular weight is 305 g/mol. The number of halogens is 2. The van der Waals surface area contributed by atoms with Crippen molar-refractivity contribution in [2.45, 2.75) is 26.0 Å². The number of alkyl halides is 2. The number of ether oxygens (including phenoxy) is 1. The summed E-state index contributed by atoms with van der Waals surface area (Å²) in [7, 11) is 0. The second kappa shape index (κ2) is 7.54. The van der Waals surface area contributed by atoms with Gasteiger partial charge in [0.1, 0.15) is 5.75 Å². The number of hydrogen-bond acceptors (Lipinski definition) is 2. The predicted octanol–water partition coefficient (Wildman–Crippen LogP) is 3.71. The molecule has 3 nitrogen and oxygen atoms in total. The first-order valence-corrected chi connectivity index (χ1v) is 6.92. The van der Waals surface area contributed by atoms with Crippen molar-refractivity contribution in [3.8, 4) is 5.75 Å². The Kier molecular flexibility index (Phi) is 5.47. The molecular formula is C17H17F2NO2. The highest BCUT2D eigenvalue weighted by Gasteiger charge is 2.11. The lowest BCUT2D eigenvalue weighted by molar-refractivity contribution is -0.121. The van der Waals surface area contributed by atoms with Crippen LogP contribution >= 0.6 is 0 Å². The van der Waals surface area contributed by atoms with Crippen LogP contribution in [0.25, 0.3) is 0 Å². The maximum absolute atomic E-state index is 12.1. The van der Waals surface area contributed by atoms with Crippen LogP contribution in [0.15, 0.2) is 54.6 Å². The van der Waals surface area contributed by atoms with E-state index in [-0.39, 0.29) is 17.7 Å². The molecular weight excluding hydrogens is 288 g/mol. The molecule has 0 bridgehead atoms. The van der Waals surface area contributed by atoms with Crippen molar-refractivity contribution < 1.29 is 18.3 Å². The molecule has 0 aliphatic carbocycles. The summed E-state index contributed by atoms with van der Waals surface area (Å²) in [6.07, 6.45) is 0.303. The summed E-state index contributed by atoms with van der Waals surface area (Å²) in [5.74, 6) is 0.00756. The van der Waals surface area contributed by atoms with Crippen LogP contribution in [-0.4, -0.2) is 12.5 Å². The summed E-state index contributed by atoms with van der Waals surface area (Å²) in [4.78, 5) is 12.0. The Morgan fingerprint density at radius 3 is 2.32 bits per heavy atom. The maximum Gasteiger partial charge on any atom is 0.387 e. The molecule has 5 heteroatoms. The van der Waals surface area contributed by atoms with E-state index >= 15 is 0 Å². The van der Waals surface area contributed by atoms with Crippen molar-refractivity contribution in [1.82, 2.24) is 5.32 Å². The topological polar surface area (TPSA) is 38.3 Å². The van der Waals surface area contributed by atoms with Crippen molar-refractivity contribution in [3.63, 3.8) is 0 Å². The number of nitrogens with one attached hydrogen (secondary N) is 1. The van der Waals surface area contributed by atoms with E-state index < -0.39 is 6.61 Å². The largest absolute Gasteiger partial charge is 0.435 e. The average Bonchev–Trinajstić information content (AvgIpc) is 2.48. The Hall–Kier alpha value is -2.43. The van der Waals surface area contributed by atoms with Crippen molar-refractivity contribution in [1.29, 1.82) is 0 Å². The Morgan fingerprint density at radius 1 is 1.09 bits per heavy atom. The molecule has 2 aromatic carbocycles. The van der Waals surface area contributed by atoms with E-state index in [4.69, 9.17) is 0 Å². The number of rotatable bonds is 6. The molecule has 0 heterocycles. The van der Waals surface area contributed by atoms with Gasteiger partial charge in [0, 0.05) is 0 Å². The molecule has 0 spiro atoms. The van der Waals surface area contributed by atoms with Gasteiger partial charge >= 0.3 is 6.61 Å². The fourth-order valence-electron chi connectivity index (χ4n) is 2.10. The molecule has 116 valence electrons. The normalized spacial score (nSPS) is 12.0. The second-order valence-corrected chi connectivity index (χ2v) is 4.90. The summed E-state index contributed by atoms with van der Waals surface area (Å²) < 4.78 is 28.4. The smallest absolute Gasteiger partial charge is 0.387 e. The second-order valence-electron chi connectivity index (χ2n) is 4.90. The van der Waals surface area contributed by atoms with E-state index in [1.807, 2.05) is 37.3 Å². The molecule has 1 unspecified atom stereocenters. The van der Waals surface area contributed by atoms with E-state index in [9.17, 15) is 13.6 Å². The van der Waals surface area contributed by atoms with Gasteiger partial charge in [0.25, 0.3) is 0 Å². The van der Waals surface area contributed by atoms with Crippen molar-refractivity contribution in [3.05, 3.63) is 65.7 Å². The standard InChI is InChI=1S/C17H17F2NO2/c1-12(14-7-9-15(10-8-14)22-17(18)19)20-16(21)11-13-5-3-2-4-6-13/h2-10,12,17H,11H2,1H3,(H,20,21). The van der Waals surface area contributed by atoms with Gasteiger partial charge in [-0.05, 0) is 30.2 Å². The summed E-state index contributed by atoms with van der Waals surface area (Å²) in [5.41, 5.74) is 1.76. The molecule has 2 rings (SSSR count). The number of amides is 1. The van der Waals surface area contributed by atoms with Crippen LogP contribution in [0, 0.1) is 0 Å². The molecule has 1 amide bonds. The number of carbonyl (C=O) groups is 1.